The topological polar surface area (TPSA) is 75.1 Å². The van der Waals surface area contributed by atoms with Crippen molar-refractivity contribution < 1.29 is 23.4 Å². The Kier molecular flexibility index (Phi) is 5.59. The first kappa shape index (κ1) is 23.4. The van der Waals surface area contributed by atoms with Gasteiger partial charge in [0, 0.05) is 40.0 Å². The minimum Gasteiger partial charge on any atom is -0.392 e. The predicted octanol–water partition coefficient (Wildman–Crippen LogP) is 6.05. The van der Waals surface area contributed by atoms with Gasteiger partial charge in [0.25, 0.3) is 0 Å². The third-order valence-electron chi connectivity index (χ3n) is 6.37. The zero-order chi connectivity index (χ0) is 25.7. The molecule has 10 heteroatoms. The molecule has 0 fully saturated rings. The second-order valence-electron chi connectivity index (χ2n) is 8.48. The van der Waals surface area contributed by atoms with Gasteiger partial charge in [-0.2, -0.15) is 13.2 Å². The number of rotatable bonds is 5. The Labute approximate surface area is 212 Å². The zero-order valence-electron chi connectivity index (χ0n) is 19.1. The molecule has 0 radical (unpaired) electrons. The van der Waals surface area contributed by atoms with Crippen LogP contribution >= 0.6 is 11.3 Å². The van der Waals surface area contributed by atoms with Crippen molar-refractivity contribution in [1.82, 2.24) is 18.8 Å². The maximum absolute atomic E-state index is 14.0. The van der Waals surface area contributed by atoms with Gasteiger partial charge in [0.15, 0.2) is 0 Å². The summed E-state index contributed by atoms with van der Waals surface area (Å²) in [5, 5.41) is 21.8. The maximum Gasteiger partial charge on any atom is 0.418 e. The summed E-state index contributed by atoms with van der Waals surface area (Å²) in [6.07, 6.45) is -1.24. The Hall–Kier alpha value is -3.99. The first-order chi connectivity index (χ1) is 17.9. The Bertz CT molecular complexity index is 1750. The summed E-state index contributed by atoms with van der Waals surface area (Å²) >= 11 is 1.47. The lowest BCUT2D eigenvalue weighted by molar-refractivity contribution is -0.137. The van der Waals surface area contributed by atoms with E-state index in [-0.39, 0.29) is 23.4 Å². The van der Waals surface area contributed by atoms with Crippen LogP contribution in [0.1, 0.15) is 16.7 Å². The van der Waals surface area contributed by atoms with E-state index in [0.29, 0.717) is 11.4 Å². The quantitative estimate of drug-likeness (QED) is 0.290. The molecular formula is C27H19F3N4O2S. The molecule has 0 aliphatic carbocycles. The highest BCUT2D eigenvalue weighted by atomic mass is 32.1. The van der Waals surface area contributed by atoms with E-state index in [1.165, 1.54) is 34.1 Å². The zero-order valence-corrected chi connectivity index (χ0v) is 20.0. The van der Waals surface area contributed by atoms with Gasteiger partial charge < -0.3 is 19.0 Å². The van der Waals surface area contributed by atoms with Gasteiger partial charge in [-0.3, -0.25) is 0 Å². The van der Waals surface area contributed by atoms with E-state index >= 15 is 0 Å². The van der Waals surface area contributed by atoms with Gasteiger partial charge in [0.05, 0.1) is 58.3 Å². The number of hydrogen-bond acceptors (Lipinski definition) is 5. The van der Waals surface area contributed by atoms with Crippen molar-refractivity contribution in [1.29, 1.82) is 0 Å². The highest BCUT2D eigenvalue weighted by molar-refractivity contribution is 7.07. The van der Waals surface area contributed by atoms with Gasteiger partial charge in [0.1, 0.15) is 0 Å². The molecule has 0 spiro atoms. The largest absolute Gasteiger partial charge is 0.418 e. The molecule has 6 heterocycles. The van der Waals surface area contributed by atoms with Gasteiger partial charge in [0.2, 0.25) is 0 Å². The number of halogens is 3. The van der Waals surface area contributed by atoms with Crippen molar-refractivity contribution in [2.75, 3.05) is 0 Å². The van der Waals surface area contributed by atoms with Crippen molar-refractivity contribution in [3.05, 3.63) is 94.6 Å². The van der Waals surface area contributed by atoms with Crippen LogP contribution in [0.15, 0.2) is 77.9 Å². The molecule has 0 aromatic carbocycles. The number of aliphatic hydroxyl groups excluding tert-OH is 2. The second kappa shape index (κ2) is 8.84. The molecule has 0 bridgehead atoms. The van der Waals surface area contributed by atoms with Crippen LogP contribution in [-0.2, 0) is 19.4 Å². The number of fused-ring (bicyclic) bond motifs is 2. The van der Waals surface area contributed by atoms with E-state index in [4.69, 9.17) is 4.98 Å². The Morgan fingerprint density at radius 2 is 1.68 bits per heavy atom. The summed E-state index contributed by atoms with van der Waals surface area (Å²) in [5.74, 6) is 0. The Morgan fingerprint density at radius 3 is 2.41 bits per heavy atom. The standard InChI is InChI=1S/C27H19F3N4O2S/c28-27(29,30)24-19(13-36)26(34-8-2-1-6-23(24)34)21-5-3-4-20(32-21)16-7-9-33-18(10-16)11-17(12-35)25(33)22-14-37-15-31-22/h1-11,14-15,35-36H,12-13H2. The number of nitrogens with zero attached hydrogens (tertiary/aromatic N) is 4. The third-order valence-corrected chi connectivity index (χ3v) is 6.96. The van der Waals surface area contributed by atoms with Crippen molar-refractivity contribution in [3.8, 4) is 34.0 Å². The summed E-state index contributed by atoms with van der Waals surface area (Å²) < 4.78 is 45.3. The fourth-order valence-corrected chi connectivity index (χ4v) is 5.40. The van der Waals surface area contributed by atoms with Gasteiger partial charge in [-0.25, -0.2) is 9.97 Å². The summed E-state index contributed by atoms with van der Waals surface area (Å²) in [6.45, 7) is -0.929. The van der Waals surface area contributed by atoms with E-state index in [0.717, 1.165) is 28.0 Å². The fraction of sp³-hybridized carbons (Fsp3) is 0.111. The van der Waals surface area contributed by atoms with Crippen LogP contribution in [0, 0.1) is 0 Å². The minimum atomic E-state index is -4.64. The normalized spacial score (nSPS) is 12.1. The first-order valence-corrected chi connectivity index (χ1v) is 12.3. The Balaban J connectivity index is 1.51. The molecule has 6 nitrogen and oxygen atoms in total. The van der Waals surface area contributed by atoms with Crippen molar-refractivity contribution in [2.45, 2.75) is 19.4 Å². The predicted molar refractivity (Wildman–Crippen MR) is 135 cm³/mol. The molecule has 0 aliphatic rings. The summed E-state index contributed by atoms with van der Waals surface area (Å²) in [5.41, 5.74) is 5.56. The number of alkyl halides is 3. The van der Waals surface area contributed by atoms with E-state index in [1.54, 1.807) is 29.8 Å². The van der Waals surface area contributed by atoms with E-state index in [9.17, 15) is 23.4 Å². The fourth-order valence-electron chi connectivity index (χ4n) is 4.87. The van der Waals surface area contributed by atoms with Crippen LogP contribution < -0.4 is 0 Å². The average Bonchev–Trinajstić information content (AvgIpc) is 3.62. The maximum atomic E-state index is 14.0. The second-order valence-corrected chi connectivity index (χ2v) is 9.20. The molecule has 186 valence electrons. The molecule has 0 atom stereocenters. The lowest BCUT2D eigenvalue weighted by atomic mass is 10.1. The van der Waals surface area contributed by atoms with E-state index in [2.05, 4.69) is 4.98 Å². The van der Waals surface area contributed by atoms with Crippen LogP contribution in [0.25, 0.3) is 45.1 Å². The minimum absolute atomic E-state index is 0.0399. The average molecular weight is 521 g/mol. The lowest BCUT2D eigenvalue weighted by Gasteiger charge is -2.10. The van der Waals surface area contributed by atoms with Gasteiger partial charge >= 0.3 is 6.18 Å². The highest BCUT2D eigenvalue weighted by Crippen LogP contribution is 2.41. The molecule has 6 rings (SSSR count). The first-order valence-electron chi connectivity index (χ1n) is 11.3. The molecule has 6 aromatic heterocycles. The summed E-state index contributed by atoms with van der Waals surface area (Å²) in [4.78, 5) is 9.08. The SMILES string of the molecule is OCc1cc2cc(-c3cccc(-c4c(CO)c(C(F)(F)F)c5ccccn45)n3)ccn2c1-c1cscn1. The molecule has 0 unspecified atom stereocenters. The molecule has 0 amide bonds. The number of hydrogen-bond donors (Lipinski definition) is 2. The Morgan fingerprint density at radius 1 is 0.838 bits per heavy atom. The summed E-state index contributed by atoms with van der Waals surface area (Å²) in [7, 11) is 0. The highest BCUT2D eigenvalue weighted by Gasteiger charge is 2.39. The molecule has 0 aliphatic heterocycles. The summed E-state index contributed by atoms with van der Waals surface area (Å²) in [6, 6.07) is 15.4. The van der Waals surface area contributed by atoms with Crippen LogP contribution in [0.5, 0.6) is 0 Å². The van der Waals surface area contributed by atoms with Gasteiger partial charge in [-0.1, -0.05) is 12.1 Å². The van der Waals surface area contributed by atoms with Crippen LogP contribution in [-0.4, -0.2) is 29.0 Å². The molecule has 6 aromatic rings. The molecular weight excluding hydrogens is 501 g/mol. The van der Waals surface area contributed by atoms with E-state index < -0.39 is 18.3 Å². The smallest absolute Gasteiger partial charge is 0.392 e. The van der Waals surface area contributed by atoms with Gasteiger partial charge in [-0.15, -0.1) is 11.3 Å². The van der Waals surface area contributed by atoms with Crippen molar-refractivity contribution in [2.24, 2.45) is 0 Å². The number of pyridine rings is 3. The number of thiazole rings is 1. The van der Waals surface area contributed by atoms with Crippen molar-refractivity contribution in [3.63, 3.8) is 0 Å². The molecule has 0 saturated carbocycles. The molecule has 37 heavy (non-hydrogen) atoms. The van der Waals surface area contributed by atoms with Gasteiger partial charge in [-0.05, 0) is 42.5 Å². The monoisotopic (exact) mass is 520 g/mol. The van der Waals surface area contributed by atoms with Crippen molar-refractivity contribution >= 4 is 22.4 Å². The molecule has 2 N–H and O–H groups in total. The van der Waals surface area contributed by atoms with Crippen LogP contribution in [0.4, 0.5) is 13.2 Å². The third kappa shape index (κ3) is 3.81. The number of aliphatic hydroxyl groups is 2. The molecule has 0 saturated heterocycles. The van der Waals surface area contributed by atoms with Crippen LogP contribution in [0.3, 0.4) is 0 Å². The lowest BCUT2D eigenvalue weighted by Crippen LogP contribution is -2.08. The van der Waals surface area contributed by atoms with E-state index in [1.807, 2.05) is 34.2 Å². The number of aromatic nitrogens is 4. The van der Waals surface area contributed by atoms with Crippen LogP contribution in [0.2, 0.25) is 0 Å².